The lowest BCUT2D eigenvalue weighted by Gasteiger charge is -2.21. The Bertz CT molecular complexity index is 71.1. The summed E-state index contributed by atoms with van der Waals surface area (Å²) in [5, 5.41) is 0. The van der Waals surface area contributed by atoms with Gasteiger partial charge in [-0.15, -0.1) is 0 Å². The largest absolute Gasteiger partial charge is 0.328 e. The smallest absolute Gasteiger partial charge is 0.00411 e. The third kappa shape index (κ3) is 5.84. The van der Waals surface area contributed by atoms with Crippen LogP contribution in [0.4, 0.5) is 0 Å². The Kier molecular flexibility index (Phi) is 3.20. The highest BCUT2D eigenvalue weighted by Gasteiger charge is 2.13. The first kappa shape index (κ1) is 8.96. The molecule has 0 fully saturated rings. The van der Waals surface area contributed by atoms with Crippen molar-refractivity contribution in [3.8, 4) is 0 Å². The van der Waals surface area contributed by atoms with Crippen LogP contribution < -0.4 is 5.73 Å². The molecule has 0 aromatic carbocycles. The summed E-state index contributed by atoms with van der Waals surface area (Å²) >= 11 is 0. The summed E-state index contributed by atoms with van der Waals surface area (Å²) in [6.07, 6.45) is 2.22. The Morgan fingerprint density at radius 2 is 1.78 bits per heavy atom. The fraction of sp³-hybridized carbons (Fsp3) is 1.00. The van der Waals surface area contributed by atoms with Gasteiger partial charge in [-0.05, 0) is 18.3 Å². The number of nitrogens with two attached hydrogens (primary N) is 1. The van der Waals surface area contributed by atoms with Gasteiger partial charge >= 0.3 is 0 Å². The van der Waals surface area contributed by atoms with Gasteiger partial charge in [0.2, 0.25) is 0 Å². The summed E-state index contributed by atoms with van der Waals surface area (Å²) in [6.45, 7) is 8.81. The van der Waals surface area contributed by atoms with Crippen LogP contribution in [-0.4, -0.2) is 6.04 Å². The minimum Gasteiger partial charge on any atom is -0.328 e. The van der Waals surface area contributed by atoms with E-state index in [0.717, 1.165) is 12.8 Å². The molecule has 0 unspecified atom stereocenters. The van der Waals surface area contributed by atoms with Crippen molar-refractivity contribution in [1.29, 1.82) is 0 Å². The number of hydrogen-bond donors (Lipinski definition) is 1. The van der Waals surface area contributed by atoms with Gasteiger partial charge in [-0.2, -0.15) is 0 Å². The lowest BCUT2D eigenvalue weighted by Crippen LogP contribution is -2.25. The summed E-state index contributed by atoms with van der Waals surface area (Å²) < 4.78 is 0. The van der Waals surface area contributed by atoms with Gasteiger partial charge in [0.15, 0.2) is 0 Å². The Labute approximate surface area is 58.6 Å². The Morgan fingerprint density at radius 3 is 1.89 bits per heavy atom. The maximum absolute atomic E-state index is 5.76. The van der Waals surface area contributed by atoms with E-state index >= 15 is 0 Å². The fourth-order valence-corrected chi connectivity index (χ4v) is 0.931. The molecule has 0 heterocycles. The van der Waals surface area contributed by atoms with Gasteiger partial charge in [-0.25, -0.2) is 0 Å². The molecular weight excluding hydrogens is 110 g/mol. The highest BCUT2D eigenvalue weighted by atomic mass is 14.6. The first-order valence-corrected chi connectivity index (χ1v) is 3.71. The van der Waals surface area contributed by atoms with Gasteiger partial charge in [-0.1, -0.05) is 27.7 Å². The van der Waals surface area contributed by atoms with Crippen LogP contribution in [0, 0.1) is 5.41 Å². The summed E-state index contributed by atoms with van der Waals surface area (Å²) in [5.74, 6) is 0. The van der Waals surface area contributed by atoms with E-state index in [1.54, 1.807) is 0 Å². The van der Waals surface area contributed by atoms with Gasteiger partial charge in [0.1, 0.15) is 0 Å². The molecule has 1 heteroatoms. The average molecular weight is 129 g/mol. The maximum atomic E-state index is 5.76. The zero-order chi connectivity index (χ0) is 7.49. The standard InChI is InChI=1S/C8H19N/c1-5-7(9)6-8(2,3)4/h7H,5-6,9H2,1-4H3/t7-/m1/s1. The van der Waals surface area contributed by atoms with Crippen molar-refractivity contribution in [1.82, 2.24) is 0 Å². The predicted octanol–water partition coefficient (Wildman–Crippen LogP) is 2.16. The Hall–Kier alpha value is -0.0400. The van der Waals surface area contributed by atoms with Crippen molar-refractivity contribution in [2.45, 2.75) is 46.6 Å². The molecule has 2 N–H and O–H groups in total. The molecule has 0 aliphatic carbocycles. The highest BCUT2D eigenvalue weighted by molar-refractivity contribution is 4.69. The third-order valence-corrected chi connectivity index (χ3v) is 1.40. The van der Waals surface area contributed by atoms with Crippen molar-refractivity contribution in [3.63, 3.8) is 0 Å². The van der Waals surface area contributed by atoms with Crippen LogP contribution in [0.1, 0.15) is 40.5 Å². The van der Waals surface area contributed by atoms with Crippen molar-refractivity contribution in [2.24, 2.45) is 11.1 Å². The second-order valence-corrected chi connectivity index (χ2v) is 3.93. The van der Waals surface area contributed by atoms with Gasteiger partial charge < -0.3 is 5.73 Å². The maximum Gasteiger partial charge on any atom is 0.00411 e. The monoisotopic (exact) mass is 129 g/mol. The molecule has 0 bridgehead atoms. The first-order valence-electron chi connectivity index (χ1n) is 3.71. The second kappa shape index (κ2) is 3.21. The lowest BCUT2D eigenvalue weighted by molar-refractivity contribution is 0.335. The molecule has 9 heavy (non-hydrogen) atoms. The normalized spacial score (nSPS) is 15.7. The van der Waals surface area contributed by atoms with Crippen molar-refractivity contribution in [3.05, 3.63) is 0 Å². The molecule has 0 amide bonds. The Balaban J connectivity index is 3.47. The minimum atomic E-state index is 0.394. The predicted molar refractivity (Wildman–Crippen MR) is 42.3 cm³/mol. The molecule has 0 aromatic heterocycles. The van der Waals surface area contributed by atoms with Gasteiger partial charge in [0.05, 0.1) is 0 Å². The van der Waals surface area contributed by atoms with Crippen LogP contribution in [0.25, 0.3) is 0 Å². The van der Waals surface area contributed by atoms with Gasteiger partial charge in [0.25, 0.3) is 0 Å². The summed E-state index contributed by atoms with van der Waals surface area (Å²) in [5.41, 5.74) is 6.16. The fourth-order valence-electron chi connectivity index (χ4n) is 0.931. The van der Waals surface area contributed by atoms with Crippen molar-refractivity contribution >= 4 is 0 Å². The molecule has 1 nitrogen and oxygen atoms in total. The van der Waals surface area contributed by atoms with Gasteiger partial charge in [-0.3, -0.25) is 0 Å². The van der Waals surface area contributed by atoms with Crippen LogP contribution in [0.2, 0.25) is 0 Å². The van der Waals surface area contributed by atoms with E-state index in [0.29, 0.717) is 11.5 Å². The molecule has 1 atom stereocenters. The quantitative estimate of drug-likeness (QED) is 0.607. The molecule has 0 aromatic rings. The van der Waals surface area contributed by atoms with E-state index in [1.807, 2.05) is 0 Å². The van der Waals surface area contributed by atoms with E-state index < -0.39 is 0 Å². The topological polar surface area (TPSA) is 26.0 Å². The van der Waals surface area contributed by atoms with Crippen LogP contribution in [-0.2, 0) is 0 Å². The Morgan fingerprint density at radius 1 is 1.33 bits per heavy atom. The second-order valence-electron chi connectivity index (χ2n) is 3.93. The van der Waals surface area contributed by atoms with Crippen molar-refractivity contribution in [2.75, 3.05) is 0 Å². The number of hydrogen-bond acceptors (Lipinski definition) is 1. The zero-order valence-electron chi connectivity index (χ0n) is 7.07. The van der Waals surface area contributed by atoms with Crippen LogP contribution in [0.5, 0.6) is 0 Å². The molecule has 0 spiro atoms. The van der Waals surface area contributed by atoms with E-state index in [2.05, 4.69) is 27.7 Å². The van der Waals surface area contributed by atoms with Crippen LogP contribution in [0.3, 0.4) is 0 Å². The van der Waals surface area contributed by atoms with E-state index in [1.165, 1.54) is 0 Å². The third-order valence-electron chi connectivity index (χ3n) is 1.40. The van der Waals surface area contributed by atoms with E-state index in [-0.39, 0.29) is 0 Å². The summed E-state index contributed by atoms with van der Waals surface area (Å²) in [7, 11) is 0. The molecule has 0 aliphatic heterocycles. The first-order chi connectivity index (χ1) is 3.95. The average Bonchev–Trinajstić information content (AvgIpc) is 1.62. The molecule has 0 aliphatic rings. The zero-order valence-corrected chi connectivity index (χ0v) is 7.07. The van der Waals surface area contributed by atoms with E-state index in [4.69, 9.17) is 5.73 Å². The molecule has 0 rings (SSSR count). The molecule has 0 saturated heterocycles. The molecule has 0 saturated carbocycles. The highest BCUT2D eigenvalue weighted by Crippen LogP contribution is 2.20. The molecule has 56 valence electrons. The van der Waals surface area contributed by atoms with E-state index in [9.17, 15) is 0 Å². The van der Waals surface area contributed by atoms with Crippen LogP contribution >= 0.6 is 0 Å². The van der Waals surface area contributed by atoms with Crippen LogP contribution in [0.15, 0.2) is 0 Å². The minimum absolute atomic E-state index is 0.394. The number of rotatable bonds is 2. The summed E-state index contributed by atoms with van der Waals surface area (Å²) in [6, 6.07) is 0.394. The summed E-state index contributed by atoms with van der Waals surface area (Å²) in [4.78, 5) is 0. The lowest BCUT2D eigenvalue weighted by atomic mass is 9.88. The molecular formula is C8H19N. The van der Waals surface area contributed by atoms with Crippen molar-refractivity contribution < 1.29 is 0 Å². The molecule has 0 radical (unpaired) electrons. The van der Waals surface area contributed by atoms with Gasteiger partial charge in [0, 0.05) is 6.04 Å². The SMILES string of the molecule is CC[C@@H](N)CC(C)(C)C.